The minimum Gasteiger partial charge on any atom is -0.352 e. The lowest BCUT2D eigenvalue weighted by molar-refractivity contribution is -0.123. The predicted octanol–water partition coefficient (Wildman–Crippen LogP) is 2.30. The van der Waals surface area contributed by atoms with E-state index >= 15 is 0 Å². The highest BCUT2D eigenvalue weighted by molar-refractivity contribution is 7.92. The molecular formula is C21H31N3O3S. The van der Waals surface area contributed by atoms with Crippen LogP contribution in [0.3, 0.4) is 0 Å². The van der Waals surface area contributed by atoms with Crippen LogP contribution >= 0.6 is 0 Å². The predicted molar refractivity (Wildman–Crippen MR) is 112 cm³/mol. The fraction of sp³-hybridized carbons (Fsp3) is 0.571. The van der Waals surface area contributed by atoms with Gasteiger partial charge in [0.05, 0.1) is 6.54 Å². The Morgan fingerprint density at radius 2 is 1.79 bits per heavy atom. The molecule has 0 spiro atoms. The highest BCUT2D eigenvalue weighted by Gasteiger charge is 2.27. The molecule has 2 aliphatic rings. The van der Waals surface area contributed by atoms with E-state index in [1.807, 2.05) is 35.2 Å². The summed E-state index contributed by atoms with van der Waals surface area (Å²) in [6, 6.07) is 9.68. The Bertz CT molecular complexity index is 771. The molecule has 154 valence electrons. The molecule has 0 aromatic heterocycles. The number of carbonyl (C=O) groups excluding carboxylic acids is 1. The number of hydrogen-bond acceptors (Lipinski definition) is 4. The molecule has 2 atom stereocenters. The second-order valence-corrected chi connectivity index (χ2v) is 9.69. The van der Waals surface area contributed by atoms with Crippen LogP contribution in [0, 0.1) is 5.92 Å². The smallest absolute Gasteiger partial charge is 0.236 e. The first-order valence-electron chi connectivity index (χ1n) is 10.2. The van der Waals surface area contributed by atoms with E-state index in [1.54, 1.807) is 6.08 Å². The molecule has 2 unspecified atom stereocenters. The molecule has 1 aromatic carbocycles. The number of carbonyl (C=O) groups is 1. The highest BCUT2D eigenvalue weighted by atomic mass is 32.2. The van der Waals surface area contributed by atoms with Crippen molar-refractivity contribution in [1.82, 2.24) is 14.5 Å². The minimum atomic E-state index is -3.44. The average Bonchev–Trinajstić information content (AvgIpc) is 2.69. The van der Waals surface area contributed by atoms with Crippen molar-refractivity contribution in [2.45, 2.75) is 38.6 Å². The second-order valence-electron chi connectivity index (χ2n) is 7.87. The van der Waals surface area contributed by atoms with Crippen LogP contribution in [-0.2, 0) is 14.8 Å². The fourth-order valence-electron chi connectivity index (χ4n) is 3.94. The molecule has 1 saturated heterocycles. The van der Waals surface area contributed by atoms with Gasteiger partial charge in [-0.2, -0.15) is 4.31 Å². The number of sulfonamides is 1. The van der Waals surface area contributed by atoms with Crippen LogP contribution in [0.4, 0.5) is 0 Å². The summed E-state index contributed by atoms with van der Waals surface area (Å²) in [5.41, 5.74) is 0.860. The Morgan fingerprint density at radius 1 is 1.11 bits per heavy atom. The van der Waals surface area contributed by atoms with Gasteiger partial charge in [0.1, 0.15) is 0 Å². The van der Waals surface area contributed by atoms with E-state index in [0.29, 0.717) is 38.6 Å². The van der Waals surface area contributed by atoms with Crippen molar-refractivity contribution in [3.8, 4) is 0 Å². The maximum atomic E-state index is 12.5. The number of benzene rings is 1. The second kappa shape index (κ2) is 9.67. The monoisotopic (exact) mass is 405 g/mol. The van der Waals surface area contributed by atoms with Gasteiger partial charge in [-0.25, -0.2) is 8.42 Å². The normalized spacial score (nSPS) is 25.0. The van der Waals surface area contributed by atoms with Gasteiger partial charge in [0.15, 0.2) is 0 Å². The topological polar surface area (TPSA) is 69.7 Å². The van der Waals surface area contributed by atoms with Gasteiger partial charge in [-0.3, -0.25) is 9.69 Å². The summed E-state index contributed by atoms with van der Waals surface area (Å²) in [5, 5.41) is 4.45. The molecule has 1 aromatic rings. The molecule has 1 saturated carbocycles. The van der Waals surface area contributed by atoms with E-state index < -0.39 is 10.0 Å². The summed E-state index contributed by atoms with van der Waals surface area (Å²) in [4.78, 5) is 14.4. The van der Waals surface area contributed by atoms with Gasteiger partial charge in [0.2, 0.25) is 15.9 Å². The molecule has 0 bridgehead atoms. The SMILES string of the molecule is CC1CCCCC1NC(=O)CN1CCN(S(=O)(=O)/C=C/c2ccccc2)CC1. The molecule has 0 radical (unpaired) electrons. The van der Waals surface area contributed by atoms with E-state index in [1.165, 1.54) is 29.0 Å². The van der Waals surface area contributed by atoms with Crippen LogP contribution in [0.5, 0.6) is 0 Å². The molecule has 1 amide bonds. The third-order valence-electron chi connectivity index (χ3n) is 5.75. The Balaban J connectivity index is 1.46. The van der Waals surface area contributed by atoms with Crippen molar-refractivity contribution in [2.24, 2.45) is 5.92 Å². The van der Waals surface area contributed by atoms with Gasteiger partial charge in [-0.1, -0.05) is 50.1 Å². The zero-order chi connectivity index (χ0) is 20.0. The quantitative estimate of drug-likeness (QED) is 0.788. The van der Waals surface area contributed by atoms with Gasteiger partial charge in [-0.15, -0.1) is 0 Å². The van der Waals surface area contributed by atoms with Crippen LogP contribution in [0.1, 0.15) is 38.2 Å². The molecule has 6 nitrogen and oxygen atoms in total. The molecule has 3 rings (SSSR count). The average molecular weight is 406 g/mol. The number of nitrogens with zero attached hydrogens (tertiary/aromatic N) is 2. The first-order valence-corrected chi connectivity index (χ1v) is 11.7. The molecule has 1 N–H and O–H groups in total. The maximum Gasteiger partial charge on any atom is 0.236 e. The summed E-state index contributed by atoms with van der Waals surface area (Å²) in [6.45, 7) is 4.52. The van der Waals surface area contributed by atoms with Crippen LogP contribution in [0.15, 0.2) is 35.7 Å². The number of nitrogens with one attached hydrogen (secondary N) is 1. The maximum absolute atomic E-state index is 12.5. The lowest BCUT2D eigenvalue weighted by Crippen LogP contribution is -2.52. The molecule has 7 heteroatoms. The van der Waals surface area contributed by atoms with Crippen LogP contribution in [0.2, 0.25) is 0 Å². The number of piperazine rings is 1. The van der Waals surface area contributed by atoms with Crippen molar-refractivity contribution >= 4 is 22.0 Å². The summed E-state index contributed by atoms with van der Waals surface area (Å²) in [6.07, 6.45) is 6.30. The number of rotatable bonds is 6. The van der Waals surface area contributed by atoms with Crippen LogP contribution < -0.4 is 5.32 Å². The van der Waals surface area contributed by atoms with Crippen molar-refractivity contribution < 1.29 is 13.2 Å². The van der Waals surface area contributed by atoms with Gasteiger partial charge in [-0.05, 0) is 30.4 Å². The first-order chi connectivity index (χ1) is 13.4. The zero-order valence-electron chi connectivity index (χ0n) is 16.6. The first kappa shape index (κ1) is 21.0. The largest absolute Gasteiger partial charge is 0.352 e. The van der Waals surface area contributed by atoms with E-state index in [0.717, 1.165) is 12.0 Å². The van der Waals surface area contributed by atoms with Gasteiger partial charge in [0, 0.05) is 37.6 Å². The lowest BCUT2D eigenvalue weighted by Gasteiger charge is -2.34. The van der Waals surface area contributed by atoms with Crippen LogP contribution in [-0.4, -0.2) is 62.3 Å². The Labute approximate surface area is 168 Å². The zero-order valence-corrected chi connectivity index (χ0v) is 17.4. The number of hydrogen-bond donors (Lipinski definition) is 1. The van der Waals surface area contributed by atoms with Gasteiger partial charge < -0.3 is 5.32 Å². The van der Waals surface area contributed by atoms with Crippen molar-refractivity contribution in [1.29, 1.82) is 0 Å². The van der Waals surface area contributed by atoms with Crippen LogP contribution in [0.25, 0.3) is 6.08 Å². The third kappa shape index (κ3) is 5.90. The Hall–Kier alpha value is -1.70. The minimum absolute atomic E-state index is 0.0547. The molecule has 28 heavy (non-hydrogen) atoms. The Kier molecular flexibility index (Phi) is 7.26. The summed E-state index contributed by atoms with van der Waals surface area (Å²) < 4.78 is 26.5. The molecule has 1 heterocycles. The summed E-state index contributed by atoms with van der Waals surface area (Å²) in [7, 11) is -3.44. The summed E-state index contributed by atoms with van der Waals surface area (Å²) >= 11 is 0. The van der Waals surface area contributed by atoms with E-state index in [-0.39, 0.29) is 11.9 Å². The number of amides is 1. The van der Waals surface area contributed by atoms with Crippen molar-refractivity contribution in [2.75, 3.05) is 32.7 Å². The highest BCUT2D eigenvalue weighted by Crippen LogP contribution is 2.23. The third-order valence-corrected chi connectivity index (χ3v) is 7.31. The van der Waals surface area contributed by atoms with E-state index in [4.69, 9.17) is 0 Å². The van der Waals surface area contributed by atoms with E-state index in [2.05, 4.69) is 12.2 Å². The molecular weight excluding hydrogens is 374 g/mol. The lowest BCUT2D eigenvalue weighted by atomic mass is 9.86. The Morgan fingerprint density at radius 3 is 2.46 bits per heavy atom. The van der Waals surface area contributed by atoms with E-state index in [9.17, 15) is 13.2 Å². The fourth-order valence-corrected chi connectivity index (χ4v) is 5.12. The van der Waals surface area contributed by atoms with Gasteiger partial charge in [0.25, 0.3) is 0 Å². The summed E-state index contributed by atoms with van der Waals surface area (Å²) in [5.74, 6) is 0.593. The standard InChI is InChI=1S/C21H31N3O3S/c1-18-7-5-6-10-20(18)22-21(25)17-23-12-14-24(15-13-23)28(26,27)16-11-19-8-3-2-4-9-19/h2-4,8-9,11,16,18,20H,5-7,10,12-15,17H2,1H3,(H,22,25)/b16-11+. The van der Waals surface area contributed by atoms with Crippen molar-refractivity contribution in [3.05, 3.63) is 41.3 Å². The molecule has 2 fully saturated rings. The van der Waals surface area contributed by atoms with Gasteiger partial charge >= 0.3 is 0 Å². The molecule has 1 aliphatic carbocycles. The molecule has 1 aliphatic heterocycles. The van der Waals surface area contributed by atoms with Crippen molar-refractivity contribution in [3.63, 3.8) is 0 Å².